The molecule has 3 rings (SSSR count). The van der Waals surface area contributed by atoms with Gasteiger partial charge in [0.25, 0.3) is 0 Å². The maximum Gasteiger partial charge on any atom is 0.145 e. The second-order valence-electron chi connectivity index (χ2n) is 4.68. The van der Waals surface area contributed by atoms with Crippen molar-refractivity contribution < 1.29 is 5.11 Å². The van der Waals surface area contributed by atoms with Crippen LogP contribution in [0.5, 0.6) is 0 Å². The first kappa shape index (κ1) is 12.6. The fourth-order valence-corrected chi connectivity index (χ4v) is 2.17. The molecule has 3 aromatic rings. The predicted molar refractivity (Wildman–Crippen MR) is 79.1 cm³/mol. The van der Waals surface area contributed by atoms with Gasteiger partial charge in [0, 0.05) is 18.4 Å². The molecule has 2 aromatic heterocycles. The zero-order valence-corrected chi connectivity index (χ0v) is 11.2. The monoisotopic (exact) mass is 268 g/mol. The van der Waals surface area contributed by atoms with Crippen molar-refractivity contribution >= 4 is 22.5 Å². The van der Waals surface area contributed by atoms with Gasteiger partial charge in [-0.2, -0.15) is 0 Å². The van der Waals surface area contributed by atoms with Crippen LogP contribution in [0.15, 0.2) is 42.9 Å². The van der Waals surface area contributed by atoms with Crippen LogP contribution in [0.3, 0.4) is 0 Å². The highest BCUT2D eigenvalue weighted by molar-refractivity contribution is 5.89. The molecule has 0 saturated heterocycles. The van der Waals surface area contributed by atoms with E-state index in [1.54, 1.807) is 0 Å². The van der Waals surface area contributed by atoms with Gasteiger partial charge in [-0.05, 0) is 25.1 Å². The molecule has 102 valence electrons. The Labute approximate surface area is 116 Å². The Morgan fingerprint density at radius 3 is 2.70 bits per heavy atom. The van der Waals surface area contributed by atoms with Gasteiger partial charge in [0.2, 0.25) is 0 Å². The maximum absolute atomic E-state index is 9.05. The van der Waals surface area contributed by atoms with Gasteiger partial charge in [-0.25, -0.2) is 9.97 Å². The summed E-state index contributed by atoms with van der Waals surface area (Å²) in [5.41, 5.74) is 3.03. The average molecular weight is 268 g/mol. The standard InChI is InChI=1S/C15H16N4O/c1-11-2-4-12(5-3-11)18-14-13-6-7-19(8-9-20)15(13)17-10-16-14/h2-7,10,20H,8-9H2,1H3,(H,16,17,18). The first-order chi connectivity index (χ1) is 9.78. The van der Waals surface area contributed by atoms with E-state index in [0.29, 0.717) is 6.54 Å². The number of benzene rings is 1. The summed E-state index contributed by atoms with van der Waals surface area (Å²) in [5, 5.41) is 13.3. The number of aliphatic hydroxyl groups excluding tert-OH is 1. The molecule has 0 radical (unpaired) electrons. The number of aryl methyl sites for hydroxylation is 1. The highest BCUT2D eigenvalue weighted by Gasteiger charge is 2.08. The van der Waals surface area contributed by atoms with Crippen molar-refractivity contribution in [3.8, 4) is 0 Å². The molecular weight excluding hydrogens is 252 g/mol. The first-order valence-electron chi connectivity index (χ1n) is 6.52. The number of aliphatic hydroxyl groups is 1. The van der Waals surface area contributed by atoms with Crippen LogP contribution < -0.4 is 5.32 Å². The smallest absolute Gasteiger partial charge is 0.145 e. The molecule has 0 atom stereocenters. The lowest BCUT2D eigenvalue weighted by Crippen LogP contribution is -2.02. The lowest BCUT2D eigenvalue weighted by atomic mass is 10.2. The summed E-state index contributed by atoms with van der Waals surface area (Å²) < 4.78 is 1.91. The fraction of sp³-hybridized carbons (Fsp3) is 0.200. The van der Waals surface area contributed by atoms with Crippen molar-refractivity contribution in [2.45, 2.75) is 13.5 Å². The fourth-order valence-electron chi connectivity index (χ4n) is 2.17. The zero-order chi connectivity index (χ0) is 13.9. The van der Waals surface area contributed by atoms with Gasteiger partial charge in [-0.1, -0.05) is 17.7 Å². The molecule has 0 spiro atoms. The van der Waals surface area contributed by atoms with Crippen molar-refractivity contribution in [3.05, 3.63) is 48.4 Å². The molecule has 5 heteroatoms. The zero-order valence-electron chi connectivity index (χ0n) is 11.2. The number of nitrogens with one attached hydrogen (secondary N) is 1. The summed E-state index contributed by atoms with van der Waals surface area (Å²) in [7, 11) is 0. The SMILES string of the molecule is Cc1ccc(Nc2ncnc3c2ccn3CCO)cc1. The summed E-state index contributed by atoms with van der Waals surface area (Å²) >= 11 is 0. The van der Waals surface area contributed by atoms with Crippen LogP contribution in [0.1, 0.15) is 5.56 Å². The van der Waals surface area contributed by atoms with Crippen molar-refractivity contribution in [2.24, 2.45) is 0 Å². The molecule has 0 fully saturated rings. The molecule has 2 heterocycles. The Bertz CT molecular complexity index is 718. The number of hydrogen-bond acceptors (Lipinski definition) is 4. The van der Waals surface area contributed by atoms with E-state index in [9.17, 15) is 0 Å². The Morgan fingerprint density at radius 2 is 1.95 bits per heavy atom. The van der Waals surface area contributed by atoms with Gasteiger partial charge in [0.05, 0.1) is 12.0 Å². The van der Waals surface area contributed by atoms with Crippen LogP contribution in [-0.2, 0) is 6.54 Å². The average Bonchev–Trinajstić information content (AvgIpc) is 2.86. The molecule has 0 aliphatic carbocycles. The Morgan fingerprint density at radius 1 is 1.15 bits per heavy atom. The van der Waals surface area contributed by atoms with E-state index in [0.717, 1.165) is 22.5 Å². The first-order valence-corrected chi connectivity index (χ1v) is 6.52. The van der Waals surface area contributed by atoms with E-state index in [-0.39, 0.29) is 6.61 Å². The highest BCUT2D eigenvalue weighted by Crippen LogP contribution is 2.23. The summed E-state index contributed by atoms with van der Waals surface area (Å²) in [4.78, 5) is 8.58. The summed E-state index contributed by atoms with van der Waals surface area (Å²) in [5.74, 6) is 0.774. The van der Waals surface area contributed by atoms with Gasteiger partial charge in [0.15, 0.2) is 0 Å². The topological polar surface area (TPSA) is 63.0 Å². The van der Waals surface area contributed by atoms with Gasteiger partial charge >= 0.3 is 0 Å². The maximum atomic E-state index is 9.05. The Hall–Kier alpha value is -2.40. The normalized spacial score (nSPS) is 10.9. The van der Waals surface area contributed by atoms with Crippen molar-refractivity contribution in [1.82, 2.24) is 14.5 Å². The third-order valence-corrected chi connectivity index (χ3v) is 3.21. The molecule has 5 nitrogen and oxygen atoms in total. The minimum atomic E-state index is 0.0918. The number of hydrogen-bond donors (Lipinski definition) is 2. The largest absolute Gasteiger partial charge is 0.395 e. The quantitative estimate of drug-likeness (QED) is 0.763. The van der Waals surface area contributed by atoms with Gasteiger partial charge in [-0.15, -0.1) is 0 Å². The van der Waals surface area contributed by atoms with Crippen LogP contribution >= 0.6 is 0 Å². The number of nitrogens with zero attached hydrogens (tertiary/aromatic N) is 3. The van der Waals surface area contributed by atoms with Crippen molar-refractivity contribution in [2.75, 3.05) is 11.9 Å². The minimum Gasteiger partial charge on any atom is -0.395 e. The minimum absolute atomic E-state index is 0.0918. The number of anilines is 2. The molecule has 0 bridgehead atoms. The lowest BCUT2D eigenvalue weighted by Gasteiger charge is -2.07. The lowest BCUT2D eigenvalue weighted by molar-refractivity contribution is 0.278. The van der Waals surface area contributed by atoms with Crippen LogP contribution in [0, 0.1) is 6.92 Å². The summed E-state index contributed by atoms with van der Waals surface area (Å²) in [6.07, 6.45) is 3.45. The van der Waals surface area contributed by atoms with E-state index in [1.165, 1.54) is 11.9 Å². The van der Waals surface area contributed by atoms with E-state index in [2.05, 4.69) is 34.3 Å². The number of rotatable bonds is 4. The molecule has 2 N–H and O–H groups in total. The molecule has 1 aromatic carbocycles. The molecule has 0 unspecified atom stereocenters. The van der Waals surface area contributed by atoms with E-state index in [4.69, 9.17) is 5.11 Å². The third kappa shape index (κ3) is 2.35. The molecule has 0 saturated carbocycles. The van der Waals surface area contributed by atoms with Crippen LogP contribution in [0.25, 0.3) is 11.0 Å². The Kier molecular flexibility index (Phi) is 3.35. The molecule has 20 heavy (non-hydrogen) atoms. The Balaban J connectivity index is 1.97. The van der Waals surface area contributed by atoms with Crippen LogP contribution in [-0.4, -0.2) is 26.2 Å². The highest BCUT2D eigenvalue weighted by atomic mass is 16.3. The van der Waals surface area contributed by atoms with E-state index >= 15 is 0 Å². The molecule has 0 amide bonds. The van der Waals surface area contributed by atoms with Crippen molar-refractivity contribution in [1.29, 1.82) is 0 Å². The molecule has 0 aliphatic heterocycles. The number of fused-ring (bicyclic) bond motifs is 1. The summed E-state index contributed by atoms with van der Waals surface area (Å²) in [6.45, 7) is 2.68. The second kappa shape index (κ2) is 5.30. The van der Waals surface area contributed by atoms with E-state index in [1.807, 2.05) is 29.0 Å². The summed E-state index contributed by atoms with van der Waals surface area (Å²) in [6, 6.07) is 10.1. The number of aromatic nitrogens is 3. The van der Waals surface area contributed by atoms with Gasteiger partial charge < -0.3 is 15.0 Å². The van der Waals surface area contributed by atoms with E-state index < -0.39 is 0 Å². The second-order valence-corrected chi connectivity index (χ2v) is 4.68. The van der Waals surface area contributed by atoms with Crippen LogP contribution in [0.2, 0.25) is 0 Å². The van der Waals surface area contributed by atoms with Gasteiger partial charge in [0.1, 0.15) is 17.8 Å². The van der Waals surface area contributed by atoms with Crippen molar-refractivity contribution in [3.63, 3.8) is 0 Å². The molecule has 0 aliphatic rings. The molecular formula is C15H16N4O. The third-order valence-electron chi connectivity index (χ3n) is 3.21. The predicted octanol–water partition coefficient (Wildman–Crippen LogP) is 2.48. The van der Waals surface area contributed by atoms with Gasteiger partial charge in [-0.3, -0.25) is 0 Å². The van der Waals surface area contributed by atoms with Crippen LogP contribution in [0.4, 0.5) is 11.5 Å².